The number of anilines is 4. The molecule has 5 rings (SSSR count). The Morgan fingerprint density at radius 3 is 2.21 bits per heavy atom. The summed E-state index contributed by atoms with van der Waals surface area (Å²) in [4.78, 5) is 26.2. The Kier molecular flexibility index (Phi) is 9.93. The van der Waals surface area contributed by atoms with E-state index < -0.39 is 0 Å². The van der Waals surface area contributed by atoms with Crippen LogP contribution in [0.3, 0.4) is 0 Å². The van der Waals surface area contributed by atoms with Gasteiger partial charge in [0.05, 0.1) is 6.42 Å². The number of hydrogen-bond acceptors (Lipinski definition) is 7. The van der Waals surface area contributed by atoms with Crippen LogP contribution in [0.5, 0.6) is 0 Å². The zero-order chi connectivity index (χ0) is 29.1. The molecule has 1 saturated carbocycles. The predicted molar refractivity (Wildman–Crippen MR) is 165 cm³/mol. The number of hydrogen-bond donors (Lipinski definition) is 4. The molecule has 0 aliphatic heterocycles. The molecular weight excluding hydrogens is 529 g/mol. The number of aryl methyl sites for hydroxylation is 1. The highest BCUT2D eigenvalue weighted by Crippen LogP contribution is 2.24. The molecule has 0 saturated heterocycles. The first-order valence-electron chi connectivity index (χ1n) is 14.6. The van der Waals surface area contributed by atoms with Gasteiger partial charge in [-0.2, -0.15) is 15.0 Å². The molecule has 0 unspecified atom stereocenters. The van der Waals surface area contributed by atoms with Crippen LogP contribution in [-0.4, -0.2) is 27.4 Å². The Morgan fingerprint density at radius 1 is 0.786 bits per heavy atom. The molecule has 3 aromatic carbocycles. The smallest absolute Gasteiger partial charge is 0.233 e. The Labute approximate surface area is 246 Å². The van der Waals surface area contributed by atoms with E-state index in [9.17, 15) is 9.18 Å². The second kappa shape index (κ2) is 14.4. The average molecular weight is 568 g/mol. The van der Waals surface area contributed by atoms with E-state index in [2.05, 4.69) is 42.3 Å². The summed E-state index contributed by atoms with van der Waals surface area (Å²) in [6, 6.07) is 22.1. The molecule has 218 valence electrons. The number of rotatable bonds is 12. The average Bonchev–Trinajstić information content (AvgIpc) is 3.00. The van der Waals surface area contributed by atoms with Crippen LogP contribution in [0.2, 0.25) is 0 Å². The first-order chi connectivity index (χ1) is 20.5. The summed E-state index contributed by atoms with van der Waals surface area (Å²) in [6.07, 6.45) is 6.58. The number of nitrogens with one attached hydrogen (secondary N) is 4. The minimum absolute atomic E-state index is 0.0276. The lowest BCUT2D eigenvalue weighted by molar-refractivity contribution is -0.120. The van der Waals surface area contributed by atoms with E-state index >= 15 is 0 Å². The van der Waals surface area contributed by atoms with Crippen LogP contribution >= 0.6 is 0 Å². The summed E-state index contributed by atoms with van der Waals surface area (Å²) in [5.41, 5.74) is 4.88. The van der Waals surface area contributed by atoms with Crippen molar-refractivity contribution in [1.82, 2.24) is 20.3 Å². The third kappa shape index (κ3) is 8.99. The van der Waals surface area contributed by atoms with E-state index in [1.807, 2.05) is 49.4 Å². The Morgan fingerprint density at radius 2 is 1.48 bits per heavy atom. The van der Waals surface area contributed by atoms with Gasteiger partial charge >= 0.3 is 0 Å². The number of nitrogens with zero attached hydrogens (tertiary/aromatic N) is 3. The van der Waals surface area contributed by atoms with Gasteiger partial charge in [-0.15, -0.1) is 0 Å². The van der Waals surface area contributed by atoms with Crippen LogP contribution < -0.4 is 21.3 Å². The highest BCUT2D eigenvalue weighted by molar-refractivity contribution is 5.78. The lowest BCUT2D eigenvalue weighted by Gasteiger charge is -2.21. The van der Waals surface area contributed by atoms with Crippen molar-refractivity contribution in [3.05, 3.63) is 101 Å². The molecule has 8 nitrogen and oxygen atoms in total. The summed E-state index contributed by atoms with van der Waals surface area (Å²) in [7, 11) is 0. The SMILES string of the molecule is Cc1cccc(CNC(=O)Cc2ccc(Nc3nc(NCc4ccc(F)cc4)nc(NCC4CCCCC4)n3)cc2)c1. The van der Waals surface area contributed by atoms with Crippen LogP contribution in [-0.2, 0) is 24.3 Å². The Bertz CT molecular complexity index is 1450. The summed E-state index contributed by atoms with van der Waals surface area (Å²) in [5, 5.41) is 12.9. The molecule has 0 radical (unpaired) electrons. The van der Waals surface area contributed by atoms with Crippen LogP contribution in [0.1, 0.15) is 54.4 Å². The summed E-state index contributed by atoms with van der Waals surface area (Å²) in [5.74, 6) is 1.64. The molecule has 42 heavy (non-hydrogen) atoms. The number of amides is 1. The van der Waals surface area contributed by atoms with Crippen molar-refractivity contribution in [2.24, 2.45) is 5.92 Å². The standard InChI is InChI=1S/C33H38FN7O/c1-23-6-5-9-27(18-23)22-35-30(42)19-24-12-16-29(17-13-24)38-33-40-31(36-20-25-7-3-2-4-8-25)39-32(41-33)37-21-26-10-14-28(34)15-11-26/h5-6,9-18,25H,2-4,7-8,19-22H2,1H3,(H,35,42)(H3,36,37,38,39,40,41). The molecule has 0 bridgehead atoms. The minimum atomic E-state index is -0.270. The van der Waals surface area contributed by atoms with E-state index in [1.54, 1.807) is 12.1 Å². The van der Waals surface area contributed by atoms with Crippen molar-refractivity contribution in [2.75, 3.05) is 22.5 Å². The van der Waals surface area contributed by atoms with Crippen molar-refractivity contribution in [3.63, 3.8) is 0 Å². The lowest BCUT2D eigenvalue weighted by atomic mass is 9.89. The van der Waals surface area contributed by atoms with Crippen molar-refractivity contribution in [2.45, 2.75) is 58.5 Å². The van der Waals surface area contributed by atoms with Gasteiger partial charge in [0.2, 0.25) is 23.8 Å². The van der Waals surface area contributed by atoms with Crippen LogP contribution in [0, 0.1) is 18.7 Å². The molecule has 0 spiro atoms. The maximum Gasteiger partial charge on any atom is 0.233 e. The van der Waals surface area contributed by atoms with Gasteiger partial charge in [0.25, 0.3) is 0 Å². The van der Waals surface area contributed by atoms with Crippen molar-refractivity contribution in [1.29, 1.82) is 0 Å². The normalized spacial score (nSPS) is 13.4. The summed E-state index contributed by atoms with van der Waals surface area (Å²) >= 11 is 0. The maximum atomic E-state index is 13.3. The zero-order valence-electron chi connectivity index (χ0n) is 24.0. The summed E-state index contributed by atoms with van der Waals surface area (Å²) in [6.45, 7) is 3.82. The molecule has 9 heteroatoms. The van der Waals surface area contributed by atoms with E-state index in [0.717, 1.165) is 28.9 Å². The molecular formula is C33H38FN7O. The van der Waals surface area contributed by atoms with Crippen LogP contribution in [0.4, 0.5) is 27.9 Å². The fourth-order valence-corrected chi connectivity index (χ4v) is 5.11. The molecule has 1 aromatic heterocycles. The molecule has 1 aliphatic carbocycles. The van der Waals surface area contributed by atoms with E-state index in [0.29, 0.717) is 43.3 Å². The fourth-order valence-electron chi connectivity index (χ4n) is 5.11. The second-order valence-corrected chi connectivity index (χ2v) is 10.9. The quantitative estimate of drug-likeness (QED) is 0.154. The lowest BCUT2D eigenvalue weighted by Crippen LogP contribution is -2.24. The molecule has 1 heterocycles. The minimum Gasteiger partial charge on any atom is -0.354 e. The Balaban J connectivity index is 1.21. The van der Waals surface area contributed by atoms with Crippen molar-refractivity contribution < 1.29 is 9.18 Å². The monoisotopic (exact) mass is 567 g/mol. The Hall–Kier alpha value is -4.53. The van der Waals surface area contributed by atoms with E-state index in [1.165, 1.54) is 49.8 Å². The van der Waals surface area contributed by atoms with Gasteiger partial charge in [0.1, 0.15) is 5.82 Å². The highest BCUT2D eigenvalue weighted by atomic mass is 19.1. The van der Waals surface area contributed by atoms with Crippen LogP contribution in [0.25, 0.3) is 0 Å². The molecule has 1 amide bonds. The first kappa shape index (κ1) is 29.0. The molecule has 1 fully saturated rings. The van der Waals surface area contributed by atoms with E-state index in [4.69, 9.17) is 0 Å². The second-order valence-electron chi connectivity index (χ2n) is 10.9. The highest BCUT2D eigenvalue weighted by Gasteiger charge is 2.15. The van der Waals surface area contributed by atoms with Gasteiger partial charge in [0.15, 0.2) is 0 Å². The number of carbonyl (C=O) groups is 1. The van der Waals surface area contributed by atoms with Gasteiger partial charge in [-0.3, -0.25) is 4.79 Å². The zero-order valence-corrected chi connectivity index (χ0v) is 24.0. The third-order valence-corrected chi connectivity index (χ3v) is 7.42. The van der Waals surface area contributed by atoms with Crippen molar-refractivity contribution in [3.8, 4) is 0 Å². The van der Waals surface area contributed by atoms with Crippen LogP contribution in [0.15, 0.2) is 72.8 Å². The van der Waals surface area contributed by atoms with Gasteiger partial charge in [-0.25, -0.2) is 4.39 Å². The summed E-state index contributed by atoms with van der Waals surface area (Å²) < 4.78 is 13.3. The molecule has 4 aromatic rings. The first-order valence-corrected chi connectivity index (χ1v) is 14.6. The predicted octanol–water partition coefficient (Wildman–Crippen LogP) is 6.53. The molecule has 1 aliphatic rings. The van der Waals surface area contributed by atoms with E-state index in [-0.39, 0.29) is 11.7 Å². The topological polar surface area (TPSA) is 104 Å². The van der Waals surface area contributed by atoms with Gasteiger partial charge in [-0.1, -0.05) is 73.4 Å². The third-order valence-electron chi connectivity index (χ3n) is 7.42. The number of halogens is 1. The van der Waals surface area contributed by atoms with Gasteiger partial charge in [-0.05, 0) is 66.6 Å². The van der Waals surface area contributed by atoms with Gasteiger partial charge in [0, 0.05) is 25.3 Å². The number of carbonyl (C=O) groups excluding carboxylic acids is 1. The van der Waals surface area contributed by atoms with Gasteiger partial charge < -0.3 is 21.3 Å². The largest absolute Gasteiger partial charge is 0.354 e. The number of benzene rings is 3. The maximum absolute atomic E-state index is 13.3. The molecule has 0 atom stereocenters. The fraction of sp³-hybridized carbons (Fsp3) is 0.333. The van der Waals surface area contributed by atoms with Crippen molar-refractivity contribution >= 4 is 29.4 Å². The number of aromatic nitrogens is 3. The molecule has 4 N–H and O–H groups in total.